The molecular weight excluding hydrogens is 268 g/mol. The highest BCUT2D eigenvalue weighted by atomic mass is 35.5. The predicted octanol–water partition coefficient (Wildman–Crippen LogP) is 2.55. The maximum Gasteiger partial charge on any atom is 0.222 e. The highest BCUT2D eigenvalue weighted by molar-refractivity contribution is 6.28. The average Bonchev–Trinajstić information content (AvgIpc) is 2.39. The van der Waals surface area contributed by atoms with Gasteiger partial charge in [-0.15, -0.1) is 0 Å². The van der Waals surface area contributed by atoms with Gasteiger partial charge in [-0.25, -0.2) is 9.97 Å². The summed E-state index contributed by atoms with van der Waals surface area (Å²) in [7, 11) is 0. The van der Waals surface area contributed by atoms with Gasteiger partial charge in [-0.05, 0) is 11.6 Å². The molecule has 1 aliphatic rings. The van der Waals surface area contributed by atoms with Crippen molar-refractivity contribution in [2.45, 2.75) is 18.9 Å². The minimum absolute atomic E-state index is 0.0921. The van der Waals surface area contributed by atoms with E-state index in [1.165, 1.54) is 0 Å². The van der Waals surface area contributed by atoms with Crippen LogP contribution in [-0.4, -0.2) is 34.4 Å². The standard InChI is InChI=1S/C13H13ClN2O3/c14-13-15-7-10-11(16-13)5-8(17)6-12(10)19-9-1-3-18-4-2-9/h5-7,9,17H,1-4H2. The fourth-order valence-electron chi connectivity index (χ4n) is 2.14. The highest BCUT2D eigenvalue weighted by Crippen LogP contribution is 2.31. The Morgan fingerprint density at radius 2 is 2.11 bits per heavy atom. The Bertz CT molecular complexity index is 594. The zero-order valence-electron chi connectivity index (χ0n) is 10.2. The van der Waals surface area contributed by atoms with Crippen LogP contribution in [0, 0.1) is 0 Å². The number of aromatic nitrogens is 2. The Balaban J connectivity index is 1.97. The van der Waals surface area contributed by atoms with Gasteiger partial charge in [-0.1, -0.05) is 0 Å². The topological polar surface area (TPSA) is 64.5 Å². The van der Waals surface area contributed by atoms with Crippen molar-refractivity contribution in [1.82, 2.24) is 9.97 Å². The van der Waals surface area contributed by atoms with Crippen molar-refractivity contribution < 1.29 is 14.6 Å². The molecule has 2 aromatic rings. The van der Waals surface area contributed by atoms with E-state index in [1.807, 2.05) is 0 Å². The van der Waals surface area contributed by atoms with Gasteiger partial charge in [0, 0.05) is 31.2 Å². The van der Waals surface area contributed by atoms with Crippen LogP contribution in [0.25, 0.3) is 10.9 Å². The monoisotopic (exact) mass is 280 g/mol. The lowest BCUT2D eigenvalue weighted by Gasteiger charge is -2.23. The molecule has 0 amide bonds. The number of hydrogen-bond acceptors (Lipinski definition) is 5. The van der Waals surface area contributed by atoms with Crippen molar-refractivity contribution in [3.63, 3.8) is 0 Å². The summed E-state index contributed by atoms with van der Waals surface area (Å²) in [6.07, 6.45) is 3.38. The first kappa shape index (κ1) is 12.4. The normalized spacial score (nSPS) is 16.7. The minimum Gasteiger partial charge on any atom is -0.508 e. The maximum atomic E-state index is 9.72. The Kier molecular flexibility index (Phi) is 3.40. The second-order valence-corrected chi connectivity index (χ2v) is 4.78. The van der Waals surface area contributed by atoms with Crippen LogP contribution in [0.15, 0.2) is 18.3 Å². The molecular formula is C13H13ClN2O3. The summed E-state index contributed by atoms with van der Waals surface area (Å²) in [5.41, 5.74) is 0.571. The third-order valence-corrected chi connectivity index (χ3v) is 3.26. The van der Waals surface area contributed by atoms with Gasteiger partial charge in [0.05, 0.1) is 24.1 Å². The van der Waals surface area contributed by atoms with E-state index in [4.69, 9.17) is 21.1 Å². The van der Waals surface area contributed by atoms with Gasteiger partial charge < -0.3 is 14.6 Å². The van der Waals surface area contributed by atoms with Crippen LogP contribution in [0.3, 0.4) is 0 Å². The average molecular weight is 281 g/mol. The fourth-order valence-corrected chi connectivity index (χ4v) is 2.28. The lowest BCUT2D eigenvalue weighted by Crippen LogP contribution is -2.25. The molecule has 2 heterocycles. The van der Waals surface area contributed by atoms with Crippen LogP contribution >= 0.6 is 11.6 Å². The van der Waals surface area contributed by atoms with E-state index in [9.17, 15) is 5.11 Å². The number of phenolic OH excluding ortho intramolecular Hbond substituents is 1. The second kappa shape index (κ2) is 5.19. The van der Waals surface area contributed by atoms with E-state index < -0.39 is 0 Å². The number of halogens is 1. The van der Waals surface area contributed by atoms with Crippen LogP contribution < -0.4 is 4.74 Å². The van der Waals surface area contributed by atoms with E-state index in [1.54, 1.807) is 18.3 Å². The third kappa shape index (κ3) is 2.72. The second-order valence-electron chi connectivity index (χ2n) is 4.45. The molecule has 0 atom stereocenters. The summed E-state index contributed by atoms with van der Waals surface area (Å²) in [4.78, 5) is 8.04. The van der Waals surface area contributed by atoms with Crippen molar-refractivity contribution in [2.75, 3.05) is 13.2 Å². The van der Waals surface area contributed by atoms with Crippen LogP contribution in [0.5, 0.6) is 11.5 Å². The van der Waals surface area contributed by atoms with E-state index in [2.05, 4.69) is 9.97 Å². The third-order valence-electron chi connectivity index (χ3n) is 3.08. The Labute approximate surface area is 115 Å². The summed E-state index contributed by atoms with van der Waals surface area (Å²) < 4.78 is 11.2. The van der Waals surface area contributed by atoms with Gasteiger partial charge in [-0.2, -0.15) is 0 Å². The molecule has 0 spiro atoms. The van der Waals surface area contributed by atoms with Gasteiger partial charge in [-0.3, -0.25) is 0 Å². The van der Waals surface area contributed by atoms with Crippen LogP contribution in [0.1, 0.15) is 12.8 Å². The molecule has 19 heavy (non-hydrogen) atoms. The Morgan fingerprint density at radius 3 is 2.89 bits per heavy atom. The quantitative estimate of drug-likeness (QED) is 0.857. The summed E-state index contributed by atoms with van der Waals surface area (Å²) in [6.45, 7) is 1.40. The molecule has 1 aromatic heterocycles. The van der Waals surface area contributed by atoms with Gasteiger partial charge >= 0.3 is 0 Å². The number of rotatable bonds is 2. The van der Waals surface area contributed by atoms with Gasteiger partial charge in [0.1, 0.15) is 17.6 Å². The molecule has 0 aliphatic carbocycles. The molecule has 1 saturated heterocycles. The Morgan fingerprint density at radius 1 is 1.32 bits per heavy atom. The van der Waals surface area contributed by atoms with Gasteiger partial charge in [0.2, 0.25) is 5.28 Å². The molecule has 0 saturated carbocycles. The van der Waals surface area contributed by atoms with Crippen molar-refractivity contribution >= 4 is 22.5 Å². The summed E-state index contributed by atoms with van der Waals surface area (Å²) >= 11 is 5.75. The largest absolute Gasteiger partial charge is 0.508 e. The lowest BCUT2D eigenvalue weighted by molar-refractivity contribution is 0.0261. The predicted molar refractivity (Wildman–Crippen MR) is 70.7 cm³/mol. The van der Waals surface area contributed by atoms with Crippen molar-refractivity contribution in [3.05, 3.63) is 23.6 Å². The number of phenols is 1. The SMILES string of the molecule is Oc1cc(OC2CCOCC2)c2cnc(Cl)nc2c1. The van der Waals surface area contributed by atoms with E-state index in [-0.39, 0.29) is 17.1 Å². The lowest BCUT2D eigenvalue weighted by atomic mass is 10.1. The van der Waals surface area contributed by atoms with E-state index in [0.717, 1.165) is 18.2 Å². The maximum absolute atomic E-state index is 9.72. The van der Waals surface area contributed by atoms with Crippen molar-refractivity contribution in [3.8, 4) is 11.5 Å². The molecule has 3 rings (SSSR count). The molecule has 0 bridgehead atoms. The first-order valence-corrected chi connectivity index (χ1v) is 6.50. The van der Waals surface area contributed by atoms with Crippen molar-refractivity contribution in [2.24, 2.45) is 0 Å². The fraction of sp³-hybridized carbons (Fsp3) is 0.385. The summed E-state index contributed by atoms with van der Waals surface area (Å²) in [5.74, 6) is 0.683. The zero-order valence-corrected chi connectivity index (χ0v) is 10.9. The number of hydrogen-bond donors (Lipinski definition) is 1. The minimum atomic E-state index is 0.0921. The molecule has 100 valence electrons. The molecule has 0 radical (unpaired) electrons. The van der Waals surface area contributed by atoms with E-state index >= 15 is 0 Å². The van der Waals surface area contributed by atoms with Crippen LogP contribution in [0.2, 0.25) is 5.28 Å². The van der Waals surface area contributed by atoms with Crippen LogP contribution in [0.4, 0.5) is 0 Å². The summed E-state index contributed by atoms with van der Waals surface area (Å²) in [6, 6.07) is 3.12. The van der Waals surface area contributed by atoms with Gasteiger partial charge in [0.25, 0.3) is 0 Å². The first-order chi connectivity index (χ1) is 9.22. The molecule has 0 unspecified atom stereocenters. The zero-order chi connectivity index (χ0) is 13.2. The molecule has 1 aromatic carbocycles. The van der Waals surface area contributed by atoms with Crippen molar-refractivity contribution in [1.29, 1.82) is 0 Å². The number of aromatic hydroxyl groups is 1. The Hall–Kier alpha value is -1.59. The molecule has 1 N–H and O–H groups in total. The highest BCUT2D eigenvalue weighted by Gasteiger charge is 2.17. The molecule has 6 heteroatoms. The number of benzene rings is 1. The first-order valence-electron chi connectivity index (χ1n) is 6.12. The number of ether oxygens (including phenoxy) is 2. The number of nitrogens with zero attached hydrogens (tertiary/aromatic N) is 2. The molecule has 5 nitrogen and oxygen atoms in total. The smallest absolute Gasteiger partial charge is 0.222 e. The number of fused-ring (bicyclic) bond motifs is 1. The molecule has 1 aliphatic heterocycles. The van der Waals surface area contributed by atoms with Gasteiger partial charge in [0.15, 0.2) is 0 Å². The van der Waals surface area contributed by atoms with Crippen LogP contribution in [-0.2, 0) is 4.74 Å². The molecule has 1 fully saturated rings. The van der Waals surface area contributed by atoms with E-state index in [0.29, 0.717) is 24.5 Å². The summed E-state index contributed by atoms with van der Waals surface area (Å²) in [5, 5.41) is 10.6.